The third kappa shape index (κ3) is 3.73. The lowest BCUT2D eigenvalue weighted by molar-refractivity contribution is 0.653. The van der Waals surface area contributed by atoms with Gasteiger partial charge in [0.15, 0.2) is 0 Å². The van der Waals surface area contributed by atoms with Crippen molar-refractivity contribution < 1.29 is 0 Å². The van der Waals surface area contributed by atoms with E-state index < -0.39 is 0 Å². The number of tetrazole rings is 1. The van der Waals surface area contributed by atoms with Gasteiger partial charge in [-0.15, -0.1) is 10.2 Å². The lowest BCUT2D eigenvalue weighted by Gasteiger charge is -2.09. The van der Waals surface area contributed by atoms with Gasteiger partial charge in [-0.25, -0.2) is 4.79 Å². The molecule has 0 amide bonds. The first-order chi connectivity index (χ1) is 14.2. The van der Waals surface area contributed by atoms with Crippen molar-refractivity contribution in [2.45, 2.75) is 39.8 Å². The second-order valence-electron chi connectivity index (χ2n) is 6.88. The van der Waals surface area contributed by atoms with Gasteiger partial charge < -0.3 is 0 Å². The Labute approximate surface area is 168 Å². The van der Waals surface area contributed by atoms with E-state index in [0.29, 0.717) is 18.9 Å². The number of pyridine rings is 1. The zero-order valence-corrected chi connectivity index (χ0v) is 16.5. The predicted molar refractivity (Wildman–Crippen MR) is 110 cm³/mol. The zero-order chi connectivity index (χ0) is 20.2. The van der Waals surface area contributed by atoms with Crippen LogP contribution in [0, 0.1) is 0 Å². The van der Waals surface area contributed by atoms with Gasteiger partial charge in [-0.3, -0.25) is 14.1 Å². The fourth-order valence-corrected chi connectivity index (χ4v) is 3.50. The molecule has 3 heterocycles. The number of aryl methyl sites for hydroxylation is 2. The van der Waals surface area contributed by atoms with E-state index in [1.807, 2.05) is 48.0 Å². The maximum absolute atomic E-state index is 12.7. The van der Waals surface area contributed by atoms with Crippen LogP contribution in [-0.4, -0.2) is 34.7 Å². The maximum Gasteiger partial charge on any atom is 0.328 e. The lowest BCUT2D eigenvalue weighted by Crippen LogP contribution is -2.25. The van der Waals surface area contributed by atoms with Gasteiger partial charge in [0, 0.05) is 42.0 Å². The molecule has 148 valence electrons. The second kappa shape index (κ2) is 8.22. The number of imidazole rings is 1. The van der Waals surface area contributed by atoms with Gasteiger partial charge in [-0.1, -0.05) is 37.6 Å². The predicted octanol–water partition coefficient (Wildman–Crippen LogP) is 2.91. The average Bonchev–Trinajstić information content (AvgIpc) is 3.39. The fraction of sp³-hybridized carbons (Fsp3) is 0.286. The Kier molecular flexibility index (Phi) is 5.33. The minimum Gasteiger partial charge on any atom is -0.299 e. The number of H-pyrrole nitrogens is 1. The Morgan fingerprint density at radius 1 is 1.07 bits per heavy atom. The van der Waals surface area contributed by atoms with Crippen molar-refractivity contribution >= 4 is 0 Å². The van der Waals surface area contributed by atoms with Gasteiger partial charge in [0.1, 0.15) is 0 Å². The molecule has 0 spiro atoms. The van der Waals surface area contributed by atoms with Gasteiger partial charge in [0.25, 0.3) is 0 Å². The van der Waals surface area contributed by atoms with Crippen molar-refractivity contribution in [1.82, 2.24) is 34.7 Å². The summed E-state index contributed by atoms with van der Waals surface area (Å²) < 4.78 is 3.64. The first-order valence-electron chi connectivity index (χ1n) is 9.77. The van der Waals surface area contributed by atoms with Gasteiger partial charge >= 0.3 is 5.69 Å². The summed E-state index contributed by atoms with van der Waals surface area (Å²) in [4.78, 5) is 16.9. The van der Waals surface area contributed by atoms with Crippen LogP contribution in [-0.2, 0) is 19.5 Å². The molecule has 8 nitrogen and oxygen atoms in total. The smallest absolute Gasteiger partial charge is 0.299 e. The van der Waals surface area contributed by atoms with E-state index in [1.165, 1.54) is 0 Å². The monoisotopic (exact) mass is 389 g/mol. The van der Waals surface area contributed by atoms with E-state index >= 15 is 0 Å². The molecule has 0 atom stereocenters. The van der Waals surface area contributed by atoms with Crippen LogP contribution in [0.25, 0.3) is 22.5 Å². The Bertz CT molecular complexity index is 1140. The summed E-state index contributed by atoms with van der Waals surface area (Å²) in [5.74, 6) is 0.531. The van der Waals surface area contributed by atoms with Crippen LogP contribution < -0.4 is 5.69 Å². The molecule has 0 aliphatic rings. The van der Waals surface area contributed by atoms with Crippen LogP contribution in [0.2, 0.25) is 0 Å². The van der Waals surface area contributed by atoms with Crippen molar-refractivity contribution in [2.24, 2.45) is 0 Å². The summed E-state index contributed by atoms with van der Waals surface area (Å²) in [5.41, 5.74) is 5.01. The minimum absolute atomic E-state index is 0.0479. The molecular weight excluding hydrogens is 366 g/mol. The van der Waals surface area contributed by atoms with E-state index in [2.05, 4.69) is 32.5 Å². The van der Waals surface area contributed by atoms with Gasteiger partial charge in [-0.2, -0.15) is 5.21 Å². The van der Waals surface area contributed by atoms with Crippen molar-refractivity contribution in [1.29, 1.82) is 0 Å². The summed E-state index contributed by atoms with van der Waals surface area (Å²) in [7, 11) is 0. The molecule has 0 fully saturated rings. The molecule has 0 aliphatic heterocycles. The number of nitrogens with zero attached hydrogens (tertiary/aromatic N) is 6. The Balaban J connectivity index is 1.64. The van der Waals surface area contributed by atoms with Crippen molar-refractivity contribution in [3.05, 3.63) is 70.7 Å². The molecule has 0 saturated heterocycles. The van der Waals surface area contributed by atoms with E-state index in [-0.39, 0.29) is 5.69 Å². The second-order valence-corrected chi connectivity index (χ2v) is 6.88. The molecular formula is C21H23N7O. The van der Waals surface area contributed by atoms with Crippen molar-refractivity contribution in [2.75, 3.05) is 0 Å². The number of aromatic amines is 1. The molecule has 1 aromatic carbocycles. The molecule has 3 aromatic heterocycles. The lowest BCUT2D eigenvalue weighted by atomic mass is 10.0. The normalized spacial score (nSPS) is 11.1. The quantitative estimate of drug-likeness (QED) is 0.524. The SMILES string of the molecule is CCCc1cn(CC)c(=O)n1Cc1ccc(-c2cnccc2-c2nn[nH]n2)cc1. The van der Waals surface area contributed by atoms with E-state index in [1.54, 1.807) is 17.0 Å². The van der Waals surface area contributed by atoms with E-state index in [4.69, 9.17) is 0 Å². The molecule has 1 N–H and O–H groups in total. The largest absolute Gasteiger partial charge is 0.328 e. The Hall–Kier alpha value is -3.55. The van der Waals surface area contributed by atoms with Crippen LogP contribution in [0.1, 0.15) is 31.5 Å². The third-order valence-corrected chi connectivity index (χ3v) is 4.99. The van der Waals surface area contributed by atoms with Gasteiger partial charge in [-0.05, 0) is 35.8 Å². The van der Waals surface area contributed by atoms with E-state index in [0.717, 1.165) is 40.8 Å². The van der Waals surface area contributed by atoms with Crippen LogP contribution in [0.3, 0.4) is 0 Å². The standard InChI is InChI=1S/C21H23N7O/c1-3-5-17-14-27(4-2)21(29)28(17)13-15-6-8-16(9-7-15)19-12-22-11-10-18(19)20-23-25-26-24-20/h6-12,14H,3-5,13H2,1-2H3,(H,23,24,25,26). The summed E-state index contributed by atoms with van der Waals surface area (Å²) in [5, 5.41) is 14.3. The van der Waals surface area contributed by atoms with Crippen LogP contribution >= 0.6 is 0 Å². The number of aromatic nitrogens is 7. The molecule has 0 radical (unpaired) electrons. The Morgan fingerprint density at radius 2 is 1.90 bits per heavy atom. The number of nitrogens with one attached hydrogen (secondary N) is 1. The van der Waals surface area contributed by atoms with Crippen LogP contribution in [0.15, 0.2) is 53.7 Å². The highest BCUT2D eigenvalue weighted by Crippen LogP contribution is 2.29. The molecule has 0 aliphatic carbocycles. The first kappa shape index (κ1) is 18.8. The fourth-order valence-electron chi connectivity index (χ4n) is 3.50. The molecule has 4 aromatic rings. The topological polar surface area (TPSA) is 94.3 Å². The summed E-state index contributed by atoms with van der Waals surface area (Å²) in [6.07, 6.45) is 7.39. The molecule has 8 heteroatoms. The molecule has 0 unspecified atom stereocenters. The number of rotatable bonds is 7. The van der Waals surface area contributed by atoms with Crippen LogP contribution in [0.5, 0.6) is 0 Å². The van der Waals surface area contributed by atoms with Crippen molar-refractivity contribution in [3.63, 3.8) is 0 Å². The highest BCUT2D eigenvalue weighted by Gasteiger charge is 2.13. The average molecular weight is 389 g/mol. The zero-order valence-electron chi connectivity index (χ0n) is 16.5. The molecule has 0 bridgehead atoms. The minimum atomic E-state index is 0.0479. The molecule has 29 heavy (non-hydrogen) atoms. The number of hydrogen-bond donors (Lipinski definition) is 1. The summed E-state index contributed by atoms with van der Waals surface area (Å²) in [6, 6.07) is 10.0. The maximum atomic E-state index is 12.7. The molecule has 0 saturated carbocycles. The number of benzene rings is 1. The molecule has 4 rings (SSSR count). The van der Waals surface area contributed by atoms with Gasteiger partial charge in [0.2, 0.25) is 5.82 Å². The Morgan fingerprint density at radius 3 is 2.59 bits per heavy atom. The first-order valence-corrected chi connectivity index (χ1v) is 9.77. The van der Waals surface area contributed by atoms with Crippen LogP contribution in [0.4, 0.5) is 0 Å². The van der Waals surface area contributed by atoms with Crippen molar-refractivity contribution in [3.8, 4) is 22.5 Å². The highest BCUT2D eigenvalue weighted by atomic mass is 16.1. The summed E-state index contributed by atoms with van der Waals surface area (Å²) in [6.45, 7) is 5.36. The highest BCUT2D eigenvalue weighted by molar-refractivity contribution is 5.79. The van der Waals surface area contributed by atoms with E-state index in [9.17, 15) is 4.79 Å². The summed E-state index contributed by atoms with van der Waals surface area (Å²) >= 11 is 0. The number of hydrogen-bond acceptors (Lipinski definition) is 5. The van der Waals surface area contributed by atoms with Gasteiger partial charge in [0.05, 0.1) is 6.54 Å². The third-order valence-electron chi connectivity index (χ3n) is 4.99.